The van der Waals surface area contributed by atoms with Gasteiger partial charge < -0.3 is 10.6 Å². The molecule has 0 fully saturated rings. The summed E-state index contributed by atoms with van der Waals surface area (Å²) in [6.07, 6.45) is 6.66. The first-order chi connectivity index (χ1) is 14.8. The van der Waals surface area contributed by atoms with Crippen LogP contribution in [0.15, 0.2) is 48.6 Å². The maximum Gasteiger partial charge on any atom is 0.246 e. The summed E-state index contributed by atoms with van der Waals surface area (Å²) in [7, 11) is -2.09. The van der Waals surface area contributed by atoms with Gasteiger partial charge in [0.25, 0.3) is 0 Å². The first-order valence-electron chi connectivity index (χ1n) is 11.4. The third-order valence-corrected chi connectivity index (χ3v) is 11.0. The van der Waals surface area contributed by atoms with E-state index in [1.807, 2.05) is 0 Å². The first-order valence-corrected chi connectivity index (χ1v) is 17.5. The minimum Gasteiger partial charge on any atom is -0.352 e. The summed E-state index contributed by atoms with van der Waals surface area (Å²) >= 11 is 0. The van der Waals surface area contributed by atoms with Crippen molar-refractivity contribution in [2.24, 2.45) is 0 Å². The Morgan fingerprint density at radius 3 is 1.31 bits per heavy atom. The van der Waals surface area contributed by atoms with Crippen molar-refractivity contribution >= 4 is 26.3 Å². The summed E-state index contributed by atoms with van der Waals surface area (Å²) in [5.74, 6) is -0.0850. The molecule has 0 aliphatic heterocycles. The van der Waals surface area contributed by atoms with Gasteiger partial charge in [-0.3, -0.25) is 9.59 Å². The first kappa shape index (κ1) is 28.5. The van der Waals surface area contributed by atoms with Gasteiger partial charge in [0, 0.05) is 65.4 Å². The molecule has 0 radical (unpaired) electrons. The van der Waals surface area contributed by atoms with Gasteiger partial charge in [0.05, 0.1) is 24.6 Å². The molecule has 0 unspecified atom stereocenters. The standard InChI is InChI=1S/C26H42N2O2P2/c1-21(2)25(29)27-15-9-17-31(5,6)19-23-11-13-24(14-12-23)20-32(7,8)18-10-16-28-26(30)22(3)4/h11-14H,1,3,9-10,15-20H2,2,4-8H3/p+2. The zero-order chi connectivity index (χ0) is 24.4. The Balaban J connectivity index is 2.45. The van der Waals surface area contributed by atoms with Crippen molar-refractivity contribution in [3.05, 3.63) is 59.7 Å². The Hall–Kier alpha value is -1.50. The number of hydrogen-bond donors (Lipinski definition) is 2. The zero-order valence-electron chi connectivity index (χ0n) is 21.1. The maximum atomic E-state index is 11.6. The molecule has 0 aromatic heterocycles. The fraction of sp³-hybridized carbons (Fsp3) is 0.538. The van der Waals surface area contributed by atoms with Crippen molar-refractivity contribution in [1.29, 1.82) is 0 Å². The maximum absolute atomic E-state index is 11.6. The van der Waals surface area contributed by atoms with E-state index < -0.39 is 14.5 Å². The number of carbonyl (C=O) groups excluding carboxylic acids is 2. The predicted octanol–water partition coefficient (Wildman–Crippen LogP) is 5.41. The van der Waals surface area contributed by atoms with E-state index in [1.54, 1.807) is 13.8 Å². The van der Waals surface area contributed by atoms with Crippen molar-refractivity contribution in [2.45, 2.75) is 39.0 Å². The van der Waals surface area contributed by atoms with E-state index in [0.717, 1.165) is 38.3 Å². The van der Waals surface area contributed by atoms with Crippen LogP contribution < -0.4 is 10.6 Å². The Morgan fingerprint density at radius 1 is 0.719 bits per heavy atom. The highest BCUT2D eigenvalue weighted by Gasteiger charge is 2.27. The van der Waals surface area contributed by atoms with Gasteiger partial charge in [-0.15, -0.1) is 0 Å². The molecule has 0 atom stereocenters. The van der Waals surface area contributed by atoms with Crippen LogP contribution in [-0.4, -0.2) is 63.9 Å². The van der Waals surface area contributed by atoms with Crippen LogP contribution in [0.2, 0.25) is 0 Å². The molecule has 0 heterocycles. The van der Waals surface area contributed by atoms with Crippen LogP contribution in [0.25, 0.3) is 0 Å². The van der Waals surface area contributed by atoms with Crippen molar-refractivity contribution < 1.29 is 9.59 Å². The van der Waals surface area contributed by atoms with Crippen molar-refractivity contribution in [3.63, 3.8) is 0 Å². The molecule has 1 rings (SSSR count). The minimum absolute atomic E-state index is 0.0425. The van der Waals surface area contributed by atoms with E-state index in [9.17, 15) is 9.59 Å². The normalized spacial score (nSPS) is 11.7. The molecule has 0 bridgehead atoms. The molecule has 0 saturated heterocycles. The highest BCUT2D eigenvalue weighted by molar-refractivity contribution is 7.74. The number of hydrogen-bond acceptors (Lipinski definition) is 2. The fourth-order valence-electron chi connectivity index (χ4n) is 3.62. The topological polar surface area (TPSA) is 58.2 Å². The molecular formula is C26H44N2O2P2+2. The molecule has 0 aliphatic carbocycles. The van der Waals surface area contributed by atoms with Gasteiger partial charge >= 0.3 is 0 Å². The second-order valence-corrected chi connectivity index (χ2v) is 19.5. The molecular weight excluding hydrogens is 434 g/mol. The molecule has 0 saturated carbocycles. The van der Waals surface area contributed by atoms with E-state index in [4.69, 9.17) is 0 Å². The zero-order valence-corrected chi connectivity index (χ0v) is 22.9. The van der Waals surface area contributed by atoms with Gasteiger partial charge in [0.15, 0.2) is 0 Å². The second kappa shape index (κ2) is 13.3. The molecule has 1 aromatic rings. The van der Waals surface area contributed by atoms with Crippen LogP contribution in [0, 0.1) is 0 Å². The highest BCUT2D eigenvalue weighted by atomic mass is 31.2. The average Bonchev–Trinajstić information content (AvgIpc) is 2.69. The Morgan fingerprint density at radius 2 is 1.03 bits per heavy atom. The number of nitrogens with one attached hydrogen (secondary N) is 2. The van der Waals surface area contributed by atoms with E-state index in [-0.39, 0.29) is 11.8 Å². The third kappa shape index (κ3) is 11.9. The number of rotatable bonds is 14. The largest absolute Gasteiger partial charge is 0.352 e. The highest BCUT2D eigenvalue weighted by Crippen LogP contribution is 2.56. The van der Waals surface area contributed by atoms with Gasteiger partial charge in [-0.05, 0) is 37.8 Å². The van der Waals surface area contributed by atoms with Crippen molar-refractivity contribution in [3.8, 4) is 0 Å². The summed E-state index contributed by atoms with van der Waals surface area (Å²) in [5, 5.41) is 5.87. The lowest BCUT2D eigenvalue weighted by atomic mass is 10.2. The van der Waals surface area contributed by atoms with E-state index in [2.05, 4.69) is 74.7 Å². The van der Waals surface area contributed by atoms with Crippen LogP contribution in [0.1, 0.15) is 37.8 Å². The smallest absolute Gasteiger partial charge is 0.246 e. The Bertz CT molecular complexity index is 732. The van der Waals surface area contributed by atoms with Gasteiger partial charge in [0.2, 0.25) is 11.8 Å². The molecule has 4 nitrogen and oxygen atoms in total. The van der Waals surface area contributed by atoms with Crippen molar-refractivity contribution in [1.82, 2.24) is 10.6 Å². The number of benzene rings is 1. The fourth-order valence-corrected chi connectivity index (χ4v) is 8.36. The Kier molecular flexibility index (Phi) is 11.8. The quantitative estimate of drug-likeness (QED) is 0.214. The minimum atomic E-state index is -1.05. The average molecular weight is 479 g/mol. The predicted molar refractivity (Wildman–Crippen MR) is 146 cm³/mol. The van der Waals surface area contributed by atoms with E-state index in [1.165, 1.54) is 23.5 Å². The summed E-state index contributed by atoms with van der Waals surface area (Å²) in [4.78, 5) is 23.2. The van der Waals surface area contributed by atoms with E-state index in [0.29, 0.717) is 11.1 Å². The SMILES string of the molecule is C=C(C)C(=O)NCCC[P+](C)(C)Cc1ccc(C[P+](C)(C)CCCNC(=O)C(=C)C)cc1. The van der Waals surface area contributed by atoms with Crippen LogP contribution >= 0.6 is 14.5 Å². The van der Waals surface area contributed by atoms with Gasteiger partial charge in [-0.2, -0.15) is 0 Å². The van der Waals surface area contributed by atoms with Gasteiger partial charge in [-0.25, -0.2) is 0 Å². The molecule has 2 N–H and O–H groups in total. The summed E-state index contributed by atoms with van der Waals surface area (Å²) < 4.78 is 0. The summed E-state index contributed by atoms with van der Waals surface area (Å²) in [6.45, 7) is 21.9. The van der Waals surface area contributed by atoms with Gasteiger partial charge in [0.1, 0.15) is 0 Å². The van der Waals surface area contributed by atoms with Crippen LogP contribution in [0.5, 0.6) is 0 Å². The number of amides is 2. The van der Waals surface area contributed by atoms with E-state index >= 15 is 0 Å². The van der Waals surface area contributed by atoms with Gasteiger partial charge in [-0.1, -0.05) is 37.4 Å². The third-order valence-electron chi connectivity index (χ3n) is 5.47. The monoisotopic (exact) mass is 478 g/mol. The van der Waals surface area contributed by atoms with Crippen LogP contribution in [0.3, 0.4) is 0 Å². The molecule has 0 spiro atoms. The lowest BCUT2D eigenvalue weighted by Crippen LogP contribution is -2.25. The summed E-state index contributed by atoms with van der Waals surface area (Å²) in [6, 6.07) is 9.19. The summed E-state index contributed by atoms with van der Waals surface area (Å²) in [5.41, 5.74) is 3.96. The van der Waals surface area contributed by atoms with Crippen molar-refractivity contribution in [2.75, 3.05) is 52.1 Å². The van der Waals surface area contributed by atoms with Crippen LogP contribution in [0.4, 0.5) is 0 Å². The molecule has 32 heavy (non-hydrogen) atoms. The van der Waals surface area contributed by atoms with Crippen LogP contribution in [-0.2, 0) is 21.9 Å². The number of carbonyl (C=O) groups is 2. The lowest BCUT2D eigenvalue weighted by Gasteiger charge is -2.20. The molecule has 178 valence electrons. The molecule has 1 aromatic carbocycles. The molecule has 2 amide bonds. The molecule has 0 aliphatic rings. The lowest BCUT2D eigenvalue weighted by molar-refractivity contribution is -0.118. The second-order valence-electron chi connectivity index (χ2n) is 10.2. The Labute approximate surface area is 197 Å². The molecule has 6 heteroatoms.